The van der Waals surface area contributed by atoms with Crippen molar-refractivity contribution < 1.29 is 13.2 Å². The van der Waals surface area contributed by atoms with Gasteiger partial charge in [0.05, 0.1) is 21.2 Å². The Labute approximate surface area is 124 Å². The first-order chi connectivity index (χ1) is 9.20. The van der Waals surface area contributed by atoms with Gasteiger partial charge in [-0.05, 0) is 44.9 Å². The van der Waals surface area contributed by atoms with Crippen LogP contribution in [0.5, 0.6) is 0 Å². The highest BCUT2D eigenvalue weighted by molar-refractivity contribution is 7.89. The van der Waals surface area contributed by atoms with E-state index in [0.717, 1.165) is 0 Å². The number of sulfonamides is 1. The third-order valence-electron chi connectivity index (χ3n) is 3.30. The maximum Gasteiger partial charge on any atom is 0.240 e. The van der Waals surface area contributed by atoms with E-state index in [1.54, 1.807) is 0 Å². The third kappa shape index (κ3) is 3.63. The molecule has 20 heavy (non-hydrogen) atoms. The summed E-state index contributed by atoms with van der Waals surface area (Å²) in [6, 6.07) is 4.17. The van der Waals surface area contributed by atoms with Gasteiger partial charge in [0.1, 0.15) is 0 Å². The number of anilines is 1. The van der Waals surface area contributed by atoms with Crippen LogP contribution in [0, 0.1) is 0 Å². The molecule has 1 saturated heterocycles. The van der Waals surface area contributed by atoms with E-state index in [1.807, 2.05) is 13.8 Å². The summed E-state index contributed by atoms with van der Waals surface area (Å²) in [5.41, 5.74) is 5.63. The summed E-state index contributed by atoms with van der Waals surface area (Å²) in [7, 11) is -3.59. The minimum atomic E-state index is -3.59. The van der Waals surface area contributed by atoms with Crippen molar-refractivity contribution in [2.45, 2.75) is 43.2 Å². The molecule has 0 saturated carbocycles. The zero-order chi connectivity index (χ0) is 15.0. The number of nitrogens with two attached hydrogens (primary N) is 1. The van der Waals surface area contributed by atoms with Crippen molar-refractivity contribution in [3.63, 3.8) is 0 Å². The van der Waals surface area contributed by atoms with Gasteiger partial charge < -0.3 is 10.5 Å². The molecule has 0 radical (unpaired) electrons. The largest absolute Gasteiger partial charge is 0.398 e. The Morgan fingerprint density at radius 3 is 2.75 bits per heavy atom. The Bertz CT molecular complexity index is 602. The van der Waals surface area contributed by atoms with Crippen LogP contribution in [0.4, 0.5) is 5.69 Å². The van der Waals surface area contributed by atoms with Gasteiger partial charge in [0, 0.05) is 12.6 Å². The lowest BCUT2D eigenvalue weighted by molar-refractivity contribution is -0.0599. The SMILES string of the molecule is CC1(C)CC(NS(=O)(=O)c2ccc(N)c(Cl)c2)CCO1. The molecular weight excluding hydrogens is 300 g/mol. The quantitative estimate of drug-likeness (QED) is 0.837. The number of hydrogen-bond acceptors (Lipinski definition) is 4. The van der Waals surface area contributed by atoms with Crippen LogP contribution in [0.2, 0.25) is 5.02 Å². The van der Waals surface area contributed by atoms with E-state index in [9.17, 15) is 8.42 Å². The summed E-state index contributed by atoms with van der Waals surface area (Å²) in [6.45, 7) is 4.45. The van der Waals surface area contributed by atoms with Crippen molar-refractivity contribution in [3.05, 3.63) is 23.2 Å². The number of ether oxygens (including phenoxy) is 1. The predicted molar refractivity (Wildman–Crippen MR) is 79.2 cm³/mol. The van der Waals surface area contributed by atoms with Gasteiger partial charge >= 0.3 is 0 Å². The van der Waals surface area contributed by atoms with Crippen molar-refractivity contribution >= 4 is 27.3 Å². The van der Waals surface area contributed by atoms with E-state index in [0.29, 0.717) is 25.1 Å². The average Bonchev–Trinajstić information content (AvgIpc) is 2.30. The van der Waals surface area contributed by atoms with Gasteiger partial charge in [0.2, 0.25) is 10.0 Å². The minimum absolute atomic E-state index is 0.126. The Balaban J connectivity index is 2.16. The summed E-state index contributed by atoms with van der Waals surface area (Å²) in [4.78, 5) is 0.126. The normalized spacial score (nSPS) is 22.6. The van der Waals surface area contributed by atoms with Gasteiger partial charge in [-0.15, -0.1) is 0 Å². The molecule has 0 bridgehead atoms. The molecule has 1 aromatic rings. The standard InChI is InChI=1S/C13H19ClN2O3S/c1-13(2)8-9(5-6-19-13)16-20(17,18)10-3-4-12(15)11(14)7-10/h3-4,7,9,16H,5-6,8,15H2,1-2H3. The number of rotatable bonds is 3. The lowest BCUT2D eigenvalue weighted by Crippen LogP contribution is -2.45. The molecule has 1 atom stereocenters. The second-order valence-electron chi connectivity index (χ2n) is 5.60. The topological polar surface area (TPSA) is 81.4 Å². The van der Waals surface area contributed by atoms with E-state index >= 15 is 0 Å². The number of halogens is 1. The van der Waals surface area contributed by atoms with Crippen LogP contribution in [0.1, 0.15) is 26.7 Å². The van der Waals surface area contributed by atoms with Crippen molar-refractivity contribution in [3.8, 4) is 0 Å². The Hall–Kier alpha value is -0.820. The van der Waals surface area contributed by atoms with Crippen LogP contribution >= 0.6 is 11.6 Å². The summed E-state index contributed by atoms with van der Waals surface area (Å²) in [6.07, 6.45) is 1.29. The van der Waals surface area contributed by atoms with Crippen LogP contribution in [0.15, 0.2) is 23.1 Å². The summed E-state index contributed by atoms with van der Waals surface area (Å²) in [5, 5.41) is 0.236. The second-order valence-corrected chi connectivity index (χ2v) is 7.72. The highest BCUT2D eigenvalue weighted by Gasteiger charge is 2.31. The molecule has 1 unspecified atom stereocenters. The third-order valence-corrected chi connectivity index (χ3v) is 5.15. The van der Waals surface area contributed by atoms with Gasteiger partial charge in [-0.2, -0.15) is 0 Å². The Morgan fingerprint density at radius 2 is 2.15 bits per heavy atom. The molecule has 1 aliphatic heterocycles. The predicted octanol–water partition coefficient (Wildman–Crippen LogP) is 2.16. The van der Waals surface area contributed by atoms with Crippen LogP contribution in [0.25, 0.3) is 0 Å². The van der Waals surface area contributed by atoms with Crippen LogP contribution in [-0.4, -0.2) is 26.7 Å². The molecule has 1 aromatic carbocycles. The molecule has 0 amide bonds. The van der Waals surface area contributed by atoms with E-state index in [2.05, 4.69) is 4.72 Å². The zero-order valence-corrected chi connectivity index (χ0v) is 13.1. The minimum Gasteiger partial charge on any atom is -0.398 e. The zero-order valence-electron chi connectivity index (χ0n) is 11.5. The fourth-order valence-corrected chi connectivity index (χ4v) is 3.84. The highest BCUT2D eigenvalue weighted by Crippen LogP contribution is 2.26. The van der Waals surface area contributed by atoms with Crippen molar-refractivity contribution in [1.82, 2.24) is 4.72 Å². The van der Waals surface area contributed by atoms with E-state index in [-0.39, 0.29) is 21.6 Å². The molecule has 7 heteroatoms. The first kappa shape index (κ1) is 15.6. The molecule has 0 spiro atoms. The van der Waals surface area contributed by atoms with E-state index in [1.165, 1.54) is 18.2 Å². The fourth-order valence-electron chi connectivity index (χ4n) is 2.29. The Kier molecular flexibility index (Phi) is 4.30. The van der Waals surface area contributed by atoms with Crippen molar-refractivity contribution in [2.24, 2.45) is 0 Å². The molecule has 1 heterocycles. The van der Waals surface area contributed by atoms with Gasteiger partial charge in [-0.1, -0.05) is 11.6 Å². The average molecular weight is 319 g/mol. The lowest BCUT2D eigenvalue weighted by atomic mass is 9.95. The summed E-state index contributed by atoms with van der Waals surface area (Å²) in [5.74, 6) is 0. The Morgan fingerprint density at radius 1 is 1.45 bits per heavy atom. The van der Waals surface area contributed by atoms with Gasteiger partial charge in [0.15, 0.2) is 0 Å². The number of hydrogen-bond donors (Lipinski definition) is 2. The van der Waals surface area contributed by atoms with Crippen LogP contribution in [-0.2, 0) is 14.8 Å². The molecular formula is C13H19ClN2O3S. The summed E-state index contributed by atoms with van der Waals surface area (Å²) >= 11 is 5.87. The first-order valence-electron chi connectivity index (χ1n) is 6.41. The van der Waals surface area contributed by atoms with E-state index < -0.39 is 10.0 Å². The molecule has 1 aliphatic rings. The molecule has 3 N–H and O–H groups in total. The number of nitrogen functional groups attached to an aromatic ring is 1. The fraction of sp³-hybridized carbons (Fsp3) is 0.538. The number of benzene rings is 1. The summed E-state index contributed by atoms with van der Waals surface area (Å²) < 4.78 is 32.9. The maximum absolute atomic E-state index is 12.3. The molecule has 2 rings (SSSR count). The van der Waals surface area contributed by atoms with E-state index in [4.69, 9.17) is 22.1 Å². The molecule has 5 nitrogen and oxygen atoms in total. The van der Waals surface area contributed by atoms with Gasteiger partial charge in [-0.25, -0.2) is 13.1 Å². The second kappa shape index (κ2) is 5.52. The molecule has 1 fully saturated rings. The molecule has 0 aliphatic carbocycles. The van der Waals surface area contributed by atoms with Crippen LogP contribution < -0.4 is 10.5 Å². The van der Waals surface area contributed by atoms with Gasteiger partial charge in [-0.3, -0.25) is 0 Å². The van der Waals surface area contributed by atoms with Crippen molar-refractivity contribution in [2.75, 3.05) is 12.3 Å². The smallest absolute Gasteiger partial charge is 0.240 e. The lowest BCUT2D eigenvalue weighted by Gasteiger charge is -2.35. The highest BCUT2D eigenvalue weighted by atomic mass is 35.5. The monoisotopic (exact) mass is 318 g/mol. The molecule has 0 aromatic heterocycles. The number of nitrogens with one attached hydrogen (secondary N) is 1. The van der Waals surface area contributed by atoms with Crippen molar-refractivity contribution in [1.29, 1.82) is 0 Å². The van der Waals surface area contributed by atoms with Crippen LogP contribution in [0.3, 0.4) is 0 Å². The van der Waals surface area contributed by atoms with Gasteiger partial charge in [0.25, 0.3) is 0 Å². The first-order valence-corrected chi connectivity index (χ1v) is 8.27. The maximum atomic E-state index is 12.3. The molecule has 112 valence electrons.